The third kappa shape index (κ3) is 1.92. The molecule has 0 fully saturated rings. The van der Waals surface area contributed by atoms with E-state index in [1.54, 1.807) is 0 Å². The van der Waals surface area contributed by atoms with Gasteiger partial charge < -0.3 is 9.14 Å². The number of hydrogen-bond acceptors (Lipinski definition) is 2. The number of nitrogens with zero attached hydrogens (tertiary/aromatic N) is 2. The quantitative estimate of drug-likeness (QED) is 0.708. The SMILES string of the molecule is Cc1nc2c(OC3CCc4ccccc43)cccn2c1C. The van der Waals surface area contributed by atoms with E-state index in [2.05, 4.69) is 40.6 Å². The summed E-state index contributed by atoms with van der Waals surface area (Å²) >= 11 is 0. The topological polar surface area (TPSA) is 26.5 Å². The van der Waals surface area contributed by atoms with E-state index < -0.39 is 0 Å². The Hall–Kier alpha value is -2.29. The molecular formula is C18H18N2O. The van der Waals surface area contributed by atoms with Gasteiger partial charge in [0.1, 0.15) is 6.10 Å². The third-order valence-corrected chi connectivity index (χ3v) is 4.44. The van der Waals surface area contributed by atoms with Crippen molar-refractivity contribution in [3.8, 4) is 5.75 Å². The minimum absolute atomic E-state index is 0.143. The molecule has 1 atom stereocenters. The standard InChI is InChI=1S/C18H18N2O/c1-12-13(2)20-11-5-8-17(18(20)19-12)21-16-10-9-14-6-3-4-7-15(14)16/h3-8,11,16H,9-10H2,1-2H3. The summed E-state index contributed by atoms with van der Waals surface area (Å²) in [6.45, 7) is 4.13. The molecule has 3 aromatic rings. The van der Waals surface area contributed by atoms with Crippen LogP contribution in [-0.4, -0.2) is 9.38 Å². The van der Waals surface area contributed by atoms with Gasteiger partial charge in [0.15, 0.2) is 11.4 Å². The van der Waals surface area contributed by atoms with E-state index in [9.17, 15) is 0 Å². The number of fused-ring (bicyclic) bond motifs is 2. The van der Waals surface area contributed by atoms with E-state index in [4.69, 9.17) is 4.74 Å². The molecule has 0 bridgehead atoms. The van der Waals surface area contributed by atoms with Gasteiger partial charge in [0.25, 0.3) is 0 Å². The van der Waals surface area contributed by atoms with Crippen LogP contribution in [0.15, 0.2) is 42.6 Å². The van der Waals surface area contributed by atoms with Crippen LogP contribution in [0.3, 0.4) is 0 Å². The second-order valence-corrected chi connectivity index (χ2v) is 5.69. The zero-order valence-corrected chi connectivity index (χ0v) is 12.3. The maximum absolute atomic E-state index is 6.30. The average Bonchev–Trinajstić information content (AvgIpc) is 3.03. The number of benzene rings is 1. The van der Waals surface area contributed by atoms with E-state index in [1.807, 2.05) is 25.3 Å². The van der Waals surface area contributed by atoms with Crippen LogP contribution in [0.5, 0.6) is 5.75 Å². The molecule has 2 heterocycles. The largest absolute Gasteiger partial charge is 0.482 e. The molecule has 0 aliphatic heterocycles. The Morgan fingerprint density at radius 1 is 1.14 bits per heavy atom. The number of aromatic nitrogens is 2. The van der Waals surface area contributed by atoms with E-state index in [0.29, 0.717) is 0 Å². The van der Waals surface area contributed by atoms with Gasteiger partial charge in [0.05, 0.1) is 5.69 Å². The number of pyridine rings is 1. The molecule has 0 N–H and O–H groups in total. The Bertz CT molecular complexity index is 819. The Balaban J connectivity index is 1.74. The summed E-state index contributed by atoms with van der Waals surface area (Å²) in [5.74, 6) is 0.871. The predicted octanol–water partition coefficient (Wildman–Crippen LogP) is 4.02. The normalized spacial score (nSPS) is 17.1. The Morgan fingerprint density at radius 2 is 2.00 bits per heavy atom. The zero-order chi connectivity index (χ0) is 14.4. The fourth-order valence-corrected chi connectivity index (χ4v) is 3.16. The Labute approximate surface area is 124 Å². The lowest BCUT2D eigenvalue weighted by Crippen LogP contribution is -2.04. The van der Waals surface area contributed by atoms with Gasteiger partial charge >= 0.3 is 0 Å². The fraction of sp³-hybridized carbons (Fsp3) is 0.278. The molecule has 0 spiro atoms. The van der Waals surface area contributed by atoms with Crippen molar-refractivity contribution in [1.82, 2.24) is 9.38 Å². The molecule has 1 aliphatic carbocycles. The van der Waals surface area contributed by atoms with Crippen LogP contribution in [0, 0.1) is 13.8 Å². The monoisotopic (exact) mass is 278 g/mol. The summed E-state index contributed by atoms with van der Waals surface area (Å²) in [5.41, 5.74) is 5.86. The first-order valence-corrected chi connectivity index (χ1v) is 7.43. The Morgan fingerprint density at radius 3 is 2.90 bits per heavy atom. The van der Waals surface area contributed by atoms with Crippen molar-refractivity contribution < 1.29 is 4.74 Å². The van der Waals surface area contributed by atoms with Crippen LogP contribution < -0.4 is 4.74 Å². The smallest absolute Gasteiger partial charge is 0.180 e. The van der Waals surface area contributed by atoms with Crippen LogP contribution >= 0.6 is 0 Å². The first kappa shape index (κ1) is 12.5. The van der Waals surface area contributed by atoms with Crippen LogP contribution in [0.25, 0.3) is 5.65 Å². The fourth-order valence-electron chi connectivity index (χ4n) is 3.16. The van der Waals surface area contributed by atoms with Gasteiger partial charge in [-0.05, 0) is 49.9 Å². The van der Waals surface area contributed by atoms with E-state index in [0.717, 1.165) is 29.9 Å². The third-order valence-electron chi connectivity index (χ3n) is 4.44. The summed E-state index contributed by atoms with van der Waals surface area (Å²) in [7, 11) is 0. The summed E-state index contributed by atoms with van der Waals surface area (Å²) < 4.78 is 8.40. The molecule has 0 amide bonds. The van der Waals surface area contributed by atoms with Crippen molar-refractivity contribution in [2.75, 3.05) is 0 Å². The molecule has 1 unspecified atom stereocenters. The van der Waals surface area contributed by atoms with E-state index in [1.165, 1.54) is 16.8 Å². The zero-order valence-electron chi connectivity index (χ0n) is 12.3. The second kappa shape index (κ2) is 4.62. The first-order valence-electron chi connectivity index (χ1n) is 7.43. The maximum atomic E-state index is 6.30. The highest BCUT2D eigenvalue weighted by Gasteiger charge is 2.24. The number of rotatable bonds is 2. The first-order chi connectivity index (χ1) is 10.2. The van der Waals surface area contributed by atoms with Crippen LogP contribution in [0.2, 0.25) is 0 Å². The van der Waals surface area contributed by atoms with Crippen molar-refractivity contribution in [2.24, 2.45) is 0 Å². The van der Waals surface area contributed by atoms with Crippen molar-refractivity contribution in [3.05, 3.63) is 65.1 Å². The average molecular weight is 278 g/mol. The molecular weight excluding hydrogens is 260 g/mol. The predicted molar refractivity (Wildman–Crippen MR) is 82.8 cm³/mol. The van der Waals surface area contributed by atoms with Crippen molar-refractivity contribution >= 4 is 5.65 Å². The second-order valence-electron chi connectivity index (χ2n) is 5.69. The summed E-state index contributed by atoms with van der Waals surface area (Å²) in [5, 5.41) is 0. The molecule has 0 radical (unpaired) electrons. The van der Waals surface area contributed by atoms with Gasteiger partial charge in [-0.2, -0.15) is 0 Å². The summed E-state index contributed by atoms with van der Waals surface area (Å²) in [6.07, 6.45) is 4.32. The van der Waals surface area contributed by atoms with Crippen molar-refractivity contribution in [2.45, 2.75) is 32.8 Å². The molecule has 1 aromatic carbocycles. The van der Waals surface area contributed by atoms with Gasteiger partial charge in [-0.15, -0.1) is 0 Å². The molecule has 21 heavy (non-hydrogen) atoms. The van der Waals surface area contributed by atoms with Crippen LogP contribution in [0.1, 0.15) is 35.0 Å². The van der Waals surface area contributed by atoms with Crippen LogP contribution in [0.4, 0.5) is 0 Å². The number of ether oxygens (including phenoxy) is 1. The molecule has 0 saturated carbocycles. The van der Waals surface area contributed by atoms with E-state index >= 15 is 0 Å². The lowest BCUT2D eigenvalue weighted by Gasteiger charge is -2.15. The van der Waals surface area contributed by atoms with Crippen LogP contribution in [-0.2, 0) is 6.42 Å². The highest BCUT2D eigenvalue weighted by Crippen LogP contribution is 2.36. The molecule has 3 heteroatoms. The molecule has 0 saturated heterocycles. The van der Waals surface area contributed by atoms with Gasteiger partial charge in [0.2, 0.25) is 0 Å². The molecule has 106 valence electrons. The maximum Gasteiger partial charge on any atom is 0.180 e. The van der Waals surface area contributed by atoms with Gasteiger partial charge in [-0.3, -0.25) is 0 Å². The number of aryl methyl sites for hydroxylation is 3. The van der Waals surface area contributed by atoms with Crippen molar-refractivity contribution in [1.29, 1.82) is 0 Å². The molecule has 2 aromatic heterocycles. The molecule has 4 rings (SSSR count). The minimum atomic E-state index is 0.143. The highest BCUT2D eigenvalue weighted by atomic mass is 16.5. The number of hydrogen-bond donors (Lipinski definition) is 0. The summed E-state index contributed by atoms with van der Waals surface area (Å²) in [4.78, 5) is 4.65. The lowest BCUT2D eigenvalue weighted by atomic mass is 10.1. The van der Waals surface area contributed by atoms with E-state index in [-0.39, 0.29) is 6.10 Å². The van der Waals surface area contributed by atoms with Gasteiger partial charge in [-0.25, -0.2) is 4.98 Å². The minimum Gasteiger partial charge on any atom is -0.482 e. The van der Waals surface area contributed by atoms with Crippen molar-refractivity contribution in [3.63, 3.8) is 0 Å². The Kier molecular flexibility index (Phi) is 2.74. The van der Waals surface area contributed by atoms with Gasteiger partial charge in [-0.1, -0.05) is 24.3 Å². The van der Waals surface area contributed by atoms with Gasteiger partial charge in [0, 0.05) is 11.9 Å². The number of imidazole rings is 1. The lowest BCUT2D eigenvalue weighted by molar-refractivity contribution is 0.209. The molecule has 1 aliphatic rings. The summed E-state index contributed by atoms with van der Waals surface area (Å²) in [6, 6.07) is 12.6. The molecule has 3 nitrogen and oxygen atoms in total. The highest BCUT2D eigenvalue weighted by molar-refractivity contribution is 5.56.